The number of hydrogen-bond acceptors (Lipinski definition) is 2. The molecule has 0 saturated heterocycles. The van der Waals surface area contributed by atoms with E-state index in [0.717, 1.165) is 32.1 Å². The van der Waals surface area contributed by atoms with Crippen LogP contribution in [0, 0.1) is 5.92 Å². The smallest absolute Gasteiger partial charge is 0.303 e. The second-order valence-electron chi connectivity index (χ2n) is 6.92. The van der Waals surface area contributed by atoms with Gasteiger partial charge in [0.05, 0.1) is 0 Å². The second kappa shape index (κ2) is 6.73. The third-order valence-corrected chi connectivity index (χ3v) is 5.38. The van der Waals surface area contributed by atoms with Crippen LogP contribution in [-0.4, -0.2) is 23.5 Å². The molecule has 1 spiro atoms. The summed E-state index contributed by atoms with van der Waals surface area (Å²) in [4.78, 5) is 22.9. The van der Waals surface area contributed by atoms with Crippen molar-refractivity contribution in [2.24, 2.45) is 5.92 Å². The number of aryl methyl sites for hydroxylation is 1. The molecule has 0 bridgehead atoms. The van der Waals surface area contributed by atoms with Crippen LogP contribution in [0.2, 0.25) is 0 Å². The molecule has 1 saturated carbocycles. The third kappa shape index (κ3) is 3.41. The molecule has 1 aromatic carbocycles. The van der Waals surface area contributed by atoms with Crippen molar-refractivity contribution in [1.82, 2.24) is 5.32 Å². The lowest BCUT2D eigenvalue weighted by molar-refractivity contribution is -0.137. The number of benzene rings is 1. The summed E-state index contributed by atoms with van der Waals surface area (Å²) in [7, 11) is 0. The number of nitrogens with one attached hydrogen (secondary N) is 1. The van der Waals surface area contributed by atoms with Gasteiger partial charge < -0.3 is 10.4 Å². The lowest BCUT2D eigenvalue weighted by atomic mass is 9.78. The van der Waals surface area contributed by atoms with E-state index in [-0.39, 0.29) is 23.7 Å². The van der Waals surface area contributed by atoms with Gasteiger partial charge in [-0.3, -0.25) is 9.59 Å². The summed E-state index contributed by atoms with van der Waals surface area (Å²) < 4.78 is 0. The van der Waals surface area contributed by atoms with Gasteiger partial charge in [0.2, 0.25) is 5.91 Å². The van der Waals surface area contributed by atoms with Gasteiger partial charge in [-0.05, 0) is 49.7 Å². The topological polar surface area (TPSA) is 66.4 Å². The minimum Gasteiger partial charge on any atom is -0.481 e. The first-order chi connectivity index (χ1) is 11.1. The normalized spacial score (nSPS) is 25.0. The van der Waals surface area contributed by atoms with E-state index in [4.69, 9.17) is 5.11 Å². The highest BCUT2D eigenvalue weighted by atomic mass is 16.4. The standard InChI is InChI=1S/C19H25NO3/c21-17(22)10-2-1-5-12-20-18(23)16-13-19(16)11-6-8-14-7-3-4-9-15(14)19/h3-4,7,9,16H,1-2,5-6,8,10-13H2,(H,20,23)(H,21,22). The van der Waals surface area contributed by atoms with Crippen molar-refractivity contribution in [3.63, 3.8) is 0 Å². The van der Waals surface area contributed by atoms with E-state index in [0.29, 0.717) is 13.0 Å². The van der Waals surface area contributed by atoms with Gasteiger partial charge in [0, 0.05) is 24.3 Å². The summed E-state index contributed by atoms with van der Waals surface area (Å²) >= 11 is 0. The third-order valence-electron chi connectivity index (χ3n) is 5.38. The van der Waals surface area contributed by atoms with E-state index >= 15 is 0 Å². The molecule has 4 nitrogen and oxygen atoms in total. The van der Waals surface area contributed by atoms with E-state index in [1.807, 2.05) is 0 Å². The van der Waals surface area contributed by atoms with Gasteiger partial charge in [-0.1, -0.05) is 30.7 Å². The van der Waals surface area contributed by atoms with Crippen LogP contribution in [0.4, 0.5) is 0 Å². The lowest BCUT2D eigenvalue weighted by Crippen LogP contribution is -2.30. The Morgan fingerprint density at radius 3 is 2.87 bits per heavy atom. The minimum atomic E-state index is -0.745. The summed E-state index contributed by atoms with van der Waals surface area (Å²) in [5.41, 5.74) is 2.91. The highest BCUT2D eigenvalue weighted by Crippen LogP contribution is 2.60. The zero-order chi connectivity index (χ0) is 16.3. The summed E-state index contributed by atoms with van der Waals surface area (Å²) in [6, 6.07) is 8.58. The molecule has 0 heterocycles. The zero-order valence-corrected chi connectivity index (χ0v) is 13.5. The molecule has 1 fully saturated rings. The van der Waals surface area contributed by atoms with E-state index < -0.39 is 5.97 Å². The molecule has 0 aromatic heterocycles. The average molecular weight is 315 g/mol. The molecule has 2 aliphatic carbocycles. The number of fused-ring (bicyclic) bond motifs is 2. The monoisotopic (exact) mass is 315 g/mol. The molecule has 2 aliphatic rings. The Hall–Kier alpha value is -1.84. The number of rotatable bonds is 7. The van der Waals surface area contributed by atoms with Crippen molar-refractivity contribution < 1.29 is 14.7 Å². The number of carbonyl (C=O) groups is 2. The van der Waals surface area contributed by atoms with E-state index in [9.17, 15) is 9.59 Å². The summed E-state index contributed by atoms with van der Waals surface area (Å²) in [5, 5.41) is 11.6. The van der Waals surface area contributed by atoms with Crippen molar-refractivity contribution in [3.8, 4) is 0 Å². The Labute approximate surface area is 137 Å². The first kappa shape index (κ1) is 16.0. The van der Waals surface area contributed by atoms with Crippen molar-refractivity contribution in [3.05, 3.63) is 35.4 Å². The number of carboxylic acids is 1. The predicted octanol–water partition coefficient (Wildman–Crippen LogP) is 3.04. The highest BCUT2D eigenvalue weighted by molar-refractivity contribution is 5.84. The van der Waals surface area contributed by atoms with Crippen molar-refractivity contribution in [2.45, 2.75) is 56.8 Å². The summed E-state index contributed by atoms with van der Waals surface area (Å²) in [5.74, 6) is -0.437. The molecule has 124 valence electrons. The van der Waals surface area contributed by atoms with Gasteiger partial charge in [0.1, 0.15) is 0 Å². The van der Waals surface area contributed by atoms with Gasteiger partial charge in [0.25, 0.3) is 0 Å². The Balaban J connectivity index is 1.47. The Kier molecular flexibility index (Phi) is 4.69. The number of unbranched alkanes of at least 4 members (excludes halogenated alkanes) is 2. The zero-order valence-electron chi connectivity index (χ0n) is 13.5. The maximum atomic E-state index is 12.4. The summed E-state index contributed by atoms with van der Waals surface area (Å²) in [6.07, 6.45) is 7.03. The van der Waals surface area contributed by atoms with Crippen LogP contribution in [0.3, 0.4) is 0 Å². The first-order valence-corrected chi connectivity index (χ1v) is 8.71. The molecule has 1 aromatic rings. The van der Waals surface area contributed by atoms with Gasteiger partial charge in [-0.25, -0.2) is 0 Å². The number of hydrogen-bond donors (Lipinski definition) is 2. The fourth-order valence-electron chi connectivity index (χ4n) is 4.09. The largest absolute Gasteiger partial charge is 0.481 e. The maximum Gasteiger partial charge on any atom is 0.303 e. The van der Waals surface area contributed by atoms with Crippen molar-refractivity contribution >= 4 is 11.9 Å². The first-order valence-electron chi connectivity index (χ1n) is 8.71. The Morgan fingerprint density at radius 1 is 1.22 bits per heavy atom. The van der Waals surface area contributed by atoms with E-state index in [1.165, 1.54) is 17.5 Å². The fourth-order valence-corrected chi connectivity index (χ4v) is 4.09. The molecule has 1 amide bonds. The Bertz CT molecular complexity index is 598. The van der Waals surface area contributed by atoms with Crippen LogP contribution in [0.1, 0.15) is 56.1 Å². The van der Waals surface area contributed by atoms with Crippen molar-refractivity contribution in [1.29, 1.82) is 0 Å². The SMILES string of the molecule is O=C(O)CCCCCNC(=O)C1CC12CCCc1ccccc12. The molecule has 3 rings (SSSR count). The molecular weight excluding hydrogens is 290 g/mol. The van der Waals surface area contributed by atoms with Crippen LogP contribution < -0.4 is 5.32 Å². The maximum absolute atomic E-state index is 12.4. The van der Waals surface area contributed by atoms with Crippen LogP contribution in [0.15, 0.2) is 24.3 Å². The number of carboxylic acid groups (broad SMARTS) is 1. The quantitative estimate of drug-likeness (QED) is 0.760. The van der Waals surface area contributed by atoms with Crippen LogP contribution >= 0.6 is 0 Å². The van der Waals surface area contributed by atoms with E-state index in [1.54, 1.807) is 0 Å². The van der Waals surface area contributed by atoms with Crippen molar-refractivity contribution in [2.75, 3.05) is 6.54 Å². The van der Waals surface area contributed by atoms with Crippen LogP contribution in [-0.2, 0) is 21.4 Å². The molecular formula is C19H25NO3. The van der Waals surface area contributed by atoms with Crippen LogP contribution in [0.25, 0.3) is 0 Å². The number of amides is 1. The fraction of sp³-hybridized carbons (Fsp3) is 0.579. The molecule has 0 radical (unpaired) electrons. The second-order valence-corrected chi connectivity index (χ2v) is 6.92. The molecule has 2 N–H and O–H groups in total. The van der Waals surface area contributed by atoms with Gasteiger partial charge in [-0.15, -0.1) is 0 Å². The Morgan fingerprint density at radius 2 is 2.04 bits per heavy atom. The average Bonchev–Trinajstić information content (AvgIpc) is 3.26. The summed E-state index contributed by atoms with van der Waals surface area (Å²) in [6.45, 7) is 0.659. The number of carbonyl (C=O) groups excluding carboxylic acids is 1. The lowest BCUT2D eigenvalue weighted by Gasteiger charge is -2.26. The minimum absolute atomic E-state index is 0.0994. The van der Waals surface area contributed by atoms with Gasteiger partial charge in [-0.2, -0.15) is 0 Å². The highest BCUT2D eigenvalue weighted by Gasteiger charge is 2.59. The van der Waals surface area contributed by atoms with Gasteiger partial charge in [0.15, 0.2) is 0 Å². The predicted molar refractivity (Wildman–Crippen MR) is 88.3 cm³/mol. The van der Waals surface area contributed by atoms with E-state index in [2.05, 4.69) is 29.6 Å². The molecule has 4 heteroatoms. The molecule has 2 unspecified atom stereocenters. The number of aliphatic carboxylic acids is 1. The molecule has 23 heavy (non-hydrogen) atoms. The molecule has 2 atom stereocenters. The van der Waals surface area contributed by atoms with Crippen LogP contribution in [0.5, 0.6) is 0 Å². The van der Waals surface area contributed by atoms with Gasteiger partial charge >= 0.3 is 5.97 Å². The molecule has 0 aliphatic heterocycles.